The first-order valence-corrected chi connectivity index (χ1v) is 11.2. The Morgan fingerprint density at radius 3 is 2.59 bits per heavy atom. The number of amides is 1. The van der Waals surface area contributed by atoms with E-state index in [-0.39, 0.29) is 5.91 Å². The van der Waals surface area contributed by atoms with Crippen LogP contribution in [-0.2, 0) is 4.79 Å². The largest absolute Gasteiger partial charge is 0.497 e. The van der Waals surface area contributed by atoms with Crippen molar-refractivity contribution in [2.45, 2.75) is 49.8 Å². The van der Waals surface area contributed by atoms with Gasteiger partial charge in [-0.1, -0.05) is 24.6 Å². The fourth-order valence-electron chi connectivity index (χ4n) is 4.46. The zero-order valence-electron chi connectivity index (χ0n) is 16.9. The number of likely N-dealkylation sites (tertiary alicyclic amines) is 1. The molecule has 1 saturated carbocycles. The van der Waals surface area contributed by atoms with Crippen LogP contribution in [0, 0.1) is 5.92 Å². The Balaban J connectivity index is 1.40. The number of aromatic nitrogens is 2. The molecule has 1 aliphatic heterocycles. The summed E-state index contributed by atoms with van der Waals surface area (Å²) in [7, 11) is 3.19. The molecule has 2 aromatic rings. The van der Waals surface area contributed by atoms with E-state index < -0.39 is 0 Å². The van der Waals surface area contributed by atoms with Crippen LogP contribution in [0.3, 0.4) is 0 Å². The molecule has 1 aromatic heterocycles. The minimum absolute atomic E-state index is 0.175. The quantitative estimate of drug-likeness (QED) is 0.657. The fraction of sp³-hybridized carbons (Fsp3) is 0.571. The third-order valence-electron chi connectivity index (χ3n) is 5.89. The van der Waals surface area contributed by atoms with E-state index in [1.54, 1.807) is 20.3 Å². The normalized spacial score (nSPS) is 21.5. The maximum atomic E-state index is 12.9. The summed E-state index contributed by atoms with van der Waals surface area (Å²) in [4.78, 5) is 15.0. The highest BCUT2D eigenvalue weighted by atomic mass is 32.2. The Morgan fingerprint density at radius 1 is 1.10 bits per heavy atom. The molecule has 7 nitrogen and oxygen atoms in total. The number of carbonyl (C=O) groups is 1. The van der Waals surface area contributed by atoms with Gasteiger partial charge in [-0.3, -0.25) is 4.79 Å². The van der Waals surface area contributed by atoms with Crippen LogP contribution in [-0.4, -0.2) is 53.6 Å². The summed E-state index contributed by atoms with van der Waals surface area (Å²) >= 11 is 1.30. The summed E-state index contributed by atoms with van der Waals surface area (Å²) in [6.45, 7) is 0.874. The third-order valence-corrected chi connectivity index (χ3v) is 6.69. The highest BCUT2D eigenvalue weighted by Crippen LogP contribution is 2.36. The second kappa shape index (κ2) is 9.07. The Kier molecular flexibility index (Phi) is 6.28. The number of piperidine rings is 1. The maximum Gasteiger partial charge on any atom is 0.277 e. The van der Waals surface area contributed by atoms with E-state index in [1.165, 1.54) is 37.4 Å². The van der Waals surface area contributed by atoms with Crippen LogP contribution < -0.4 is 9.47 Å². The highest BCUT2D eigenvalue weighted by Gasteiger charge is 2.35. The molecule has 1 amide bonds. The standard InChI is InChI=1S/C21H27N3O4S/c1-26-16-10-15(11-17(12-16)27-2)20-22-23-21(28-20)29-13-19(25)24-9-5-7-14-6-3-4-8-18(14)24/h10-12,14,18H,3-9,13H2,1-2H3/t14-,18-/m1/s1. The van der Waals surface area contributed by atoms with Gasteiger partial charge in [0.25, 0.3) is 5.22 Å². The molecule has 156 valence electrons. The molecule has 29 heavy (non-hydrogen) atoms. The van der Waals surface area contributed by atoms with Crippen molar-refractivity contribution in [1.29, 1.82) is 0 Å². The fourth-order valence-corrected chi connectivity index (χ4v) is 5.11. The molecule has 4 rings (SSSR count). The summed E-state index contributed by atoms with van der Waals surface area (Å²) in [5.41, 5.74) is 0.716. The third kappa shape index (κ3) is 4.52. The molecule has 0 spiro atoms. The Labute approximate surface area is 175 Å². The second-order valence-corrected chi connectivity index (χ2v) is 8.53. The summed E-state index contributed by atoms with van der Waals surface area (Å²) in [5.74, 6) is 2.86. The molecule has 2 fully saturated rings. The van der Waals surface area contributed by atoms with Gasteiger partial charge >= 0.3 is 0 Å². The number of rotatable bonds is 6. The second-order valence-electron chi connectivity index (χ2n) is 7.60. The van der Waals surface area contributed by atoms with Crippen molar-refractivity contribution in [2.24, 2.45) is 5.92 Å². The topological polar surface area (TPSA) is 77.7 Å². The lowest BCUT2D eigenvalue weighted by Gasteiger charge is -2.44. The number of methoxy groups -OCH3 is 2. The Morgan fingerprint density at radius 2 is 1.83 bits per heavy atom. The molecule has 8 heteroatoms. The molecule has 1 aromatic carbocycles. The highest BCUT2D eigenvalue weighted by molar-refractivity contribution is 7.99. The number of ether oxygens (including phenoxy) is 2. The molecule has 2 heterocycles. The molecule has 1 saturated heterocycles. The van der Waals surface area contributed by atoms with Gasteiger partial charge in [0.2, 0.25) is 11.8 Å². The Hall–Kier alpha value is -2.22. The molecule has 1 aliphatic carbocycles. The molecule has 2 aliphatic rings. The van der Waals surface area contributed by atoms with E-state index in [0.717, 1.165) is 19.4 Å². The van der Waals surface area contributed by atoms with Crippen LogP contribution in [0.15, 0.2) is 27.8 Å². The van der Waals surface area contributed by atoms with E-state index in [2.05, 4.69) is 15.1 Å². The van der Waals surface area contributed by atoms with E-state index in [4.69, 9.17) is 13.9 Å². The lowest BCUT2D eigenvalue weighted by molar-refractivity contribution is -0.134. The monoisotopic (exact) mass is 417 g/mol. The van der Waals surface area contributed by atoms with Crippen molar-refractivity contribution in [3.63, 3.8) is 0 Å². The van der Waals surface area contributed by atoms with Crippen molar-refractivity contribution < 1.29 is 18.7 Å². The van der Waals surface area contributed by atoms with Crippen molar-refractivity contribution >= 4 is 17.7 Å². The number of benzene rings is 1. The number of hydrogen-bond acceptors (Lipinski definition) is 7. The molecule has 0 bridgehead atoms. The molecule has 0 unspecified atom stereocenters. The molecule has 2 atom stereocenters. The van der Waals surface area contributed by atoms with Crippen molar-refractivity contribution in [2.75, 3.05) is 26.5 Å². The minimum atomic E-state index is 0.175. The summed E-state index contributed by atoms with van der Waals surface area (Å²) in [6.07, 6.45) is 7.31. The van der Waals surface area contributed by atoms with Gasteiger partial charge in [0, 0.05) is 24.2 Å². The van der Waals surface area contributed by atoms with Crippen LogP contribution in [0.1, 0.15) is 38.5 Å². The van der Waals surface area contributed by atoms with E-state index in [0.29, 0.717) is 45.9 Å². The average Bonchev–Trinajstić information content (AvgIpc) is 3.25. The summed E-state index contributed by atoms with van der Waals surface area (Å²) < 4.78 is 16.4. The number of hydrogen-bond donors (Lipinski definition) is 0. The van der Waals surface area contributed by atoms with Gasteiger partial charge < -0.3 is 18.8 Å². The van der Waals surface area contributed by atoms with Crippen LogP contribution >= 0.6 is 11.8 Å². The first kappa shape index (κ1) is 20.1. The van der Waals surface area contributed by atoms with Crippen LogP contribution in [0.2, 0.25) is 0 Å². The first-order chi connectivity index (χ1) is 14.2. The van der Waals surface area contributed by atoms with Gasteiger partial charge in [-0.25, -0.2) is 0 Å². The summed E-state index contributed by atoms with van der Waals surface area (Å²) in [6, 6.07) is 5.83. The van der Waals surface area contributed by atoms with Gasteiger partial charge in [0.1, 0.15) is 11.5 Å². The molecular weight excluding hydrogens is 390 g/mol. The Bertz CT molecular complexity index is 832. The minimum Gasteiger partial charge on any atom is -0.497 e. The van der Waals surface area contributed by atoms with E-state index in [9.17, 15) is 4.79 Å². The van der Waals surface area contributed by atoms with Crippen LogP contribution in [0.5, 0.6) is 11.5 Å². The average molecular weight is 418 g/mol. The zero-order chi connectivity index (χ0) is 20.2. The number of carbonyl (C=O) groups excluding carboxylic acids is 1. The van der Waals surface area contributed by atoms with Gasteiger partial charge in [0.15, 0.2) is 0 Å². The van der Waals surface area contributed by atoms with Crippen LogP contribution in [0.25, 0.3) is 11.5 Å². The molecule has 0 radical (unpaired) electrons. The zero-order valence-corrected chi connectivity index (χ0v) is 17.7. The number of thioether (sulfide) groups is 1. The van der Waals surface area contributed by atoms with Gasteiger partial charge in [0.05, 0.1) is 20.0 Å². The predicted octanol–water partition coefficient (Wildman–Crippen LogP) is 4.03. The summed E-state index contributed by atoms with van der Waals surface area (Å²) in [5, 5.41) is 8.61. The molecule has 0 N–H and O–H groups in total. The maximum absolute atomic E-state index is 12.9. The van der Waals surface area contributed by atoms with Crippen molar-refractivity contribution in [3.05, 3.63) is 18.2 Å². The van der Waals surface area contributed by atoms with Crippen LogP contribution in [0.4, 0.5) is 0 Å². The SMILES string of the molecule is COc1cc(OC)cc(-c2nnc(SCC(=O)N3CCC[C@H]4CCCC[C@H]43)o2)c1. The van der Waals surface area contributed by atoms with Crippen molar-refractivity contribution in [1.82, 2.24) is 15.1 Å². The first-order valence-electron chi connectivity index (χ1n) is 10.2. The van der Waals surface area contributed by atoms with E-state index >= 15 is 0 Å². The molecular formula is C21H27N3O4S. The smallest absolute Gasteiger partial charge is 0.277 e. The van der Waals surface area contributed by atoms with E-state index in [1.807, 2.05) is 12.1 Å². The van der Waals surface area contributed by atoms with Gasteiger partial charge in [-0.2, -0.15) is 0 Å². The lowest BCUT2D eigenvalue weighted by Crippen LogP contribution is -2.50. The number of fused-ring (bicyclic) bond motifs is 1. The van der Waals surface area contributed by atoms with Gasteiger partial charge in [-0.05, 0) is 43.7 Å². The number of nitrogens with zero attached hydrogens (tertiary/aromatic N) is 3. The lowest BCUT2D eigenvalue weighted by atomic mass is 9.78. The van der Waals surface area contributed by atoms with Crippen molar-refractivity contribution in [3.8, 4) is 23.0 Å². The van der Waals surface area contributed by atoms with Gasteiger partial charge in [-0.15, -0.1) is 10.2 Å². The predicted molar refractivity (Wildman–Crippen MR) is 110 cm³/mol.